The molecule has 8 N–H and O–H groups in total. The standard InChI is InChI=1S/4CH3NO/c4*2-1-3/h4*1H,(H2,2,3). The lowest BCUT2D eigenvalue weighted by molar-refractivity contribution is -0.107. The van der Waals surface area contributed by atoms with Crippen LogP contribution >= 0.6 is 0 Å². The average Bonchev–Trinajstić information content (AvgIpc) is 1.92. The maximum Gasteiger partial charge on any atom is 0.204 e. The Hall–Kier alpha value is -2.12. The summed E-state index contributed by atoms with van der Waals surface area (Å²) in [6.45, 7) is 0. The zero-order valence-electron chi connectivity index (χ0n) is 6.25. The van der Waals surface area contributed by atoms with Gasteiger partial charge in [0.15, 0.2) is 0 Å². The first kappa shape index (κ1) is 22.5. The Labute approximate surface area is 68.9 Å². The molecule has 72 valence electrons. The first-order valence-corrected chi connectivity index (χ1v) is 2.28. The van der Waals surface area contributed by atoms with Crippen molar-refractivity contribution in [3.05, 3.63) is 0 Å². The van der Waals surface area contributed by atoms with Crippen LogP contribution in [0, 0.1) is 0 Å². The van der Waals surface area contributed by atoms with E-state index in [0.717, 1.165) is 0 Å². The lowest BCUT2D eigenvalue weighted by atomic mass is 11.5. The third kappa shape index (κ3) is 83.0. The van der Waals surface area contributed by atoms with Gasteiger partial charge in [-0.25, -0.2) is 0 Å². The van der Waals surface area contributed by atoms with Crippen molar-refractivity contribution in [3.63, 3.8) is 0 Å². The van der Waals surface area contributed by atoms with Gasteiger partial charge in [-0.1, -0.05) is 0 Å². The van der Waals surface area contributed by atoms with Crippen LogP contribution in [0.4, 0.5) is 0 Å². The Morgan fingerprint density at radius 1 is 0.500 bits per heavy atom. The second-order valence-corrected chi connectivity index (χ2v) is 0.544. The molecule has 0 spiro atoms. The van der Waals surface area contributed by atoms with Crippen LogP contribution in [0.3, 0.4) is 0 Å². The van der Waals surface area contributed by atoms with E-state index in [1.807, 2.05) is 0 Å². The molecule has 0 aliphatic carbocycles. The fourth-order valence-electron chi connectivity index (χ4n) is 0. The molecule has 8 heteroatoms. The normalized spacial score (nSPS) is 4.00. The fourth-order valence-corrected chi connectivity index (χ4v) is 0. The summed E-state index contributed by atoms with van der Waals surface area (Å²) in [6, 6.07) is 0. The number of hydrogen-bond donors (Lipinski definition) is 4. The third-order valence-corrected chi connectivity index (χ3v) is 0. The van der Waals surface area contributed by atoms with Crippen molar-refractivity contribution in [2.75, 3.05) is 0 Å². The topological polar surface area (TPSA) is 172 Å². The van der Waals surface area contributed by atoms with Crippen molar-refractivity contribution in [1.29, 1.82) is 0 Å². The van der Waals surface area contributed by atoms with Crippen LogP contribution in [0.2, 0.25) is 0 Å². The van der Waals surface area contributed by atoms with Crippen molar-refractivity contribution in [2.45, 2.75) is 0 Å². The molecule has 12 heavy (non-hydrogen) atoms. The molecule has 0 bridgehead atoms. The Morgan fingerprint density at radius 2 is 0.500 bits per heavy atom. The number of carbonyl (C=O) groups is 4. The van der Waals surface area contributed by atoms with Crippen molar-refractivity contribution >= 4 is 25.6 Å². The van der Waals surface area contributed by atoms with Crippen LogP contribution in [-0.4, -0.2) is 25.6 Å². The zero-order chi connectivity index (χ0) is 10.8. The summed E-state index contributed by atoms with van der Waals surface area (Å²) < 4.78 is 0. The van der Waals surface area contributed by atoms with Crippen molar-refractivity contribution in [1.82, 2.24) is 0 Å². The molecule has 4 amide bonds. The first-order valence-electron chi connectivity index (χ1n) is 2.28. The highest BCUT2D eigenvalue weighted by atomic mass is 16.1. The van der Waals surface area contributed by atoms with Crippen molar-refractivity contribution < 1.29 is 19.2 Å². The maximum absolute atomic E-state index is 8.58. The molecule has 0 aromatic heterocycles. The van der Waals surface area contributed by atoms with Crippen molar-refractivity contribution in [3.8, 4) is 0 Å². The largest absolute Gasteiger partial charge is 0.372 e. The van der Waals surface area contributed by atoms with Gasteiger partial charge in [0.25, 0.3) is 0 Å². The molecular formula is C4H12N4O4. The molecule has 0 aliphatic rings. The van der Waals surface area contributed by atoms with E-state index in [2.05, 4.69) is 22.9 Å². The predicted octanol–water partition coefficient (Wildman–Crippen LogP) is -3.59. The Bertz CT molecular complexity index is 73.1. The lowest BCUT2D eigenvalue weighted by Crippen LogP contribution is -1.82. The highest BCUT2D eigenvalue weighted by molar-refractivity contribution is 5.42. The van der Waals surface area contributed by atoms with Gasteiger partial charge in [-0.15, -0.1) is 0 Å². The summed E-state index contributed by atoms with van der Waals surface area (Å²) in [6.07, 6.45) is 1.00. The first-order chi connectivity index (χ1) is 5.66. The van der Waals surface area contributed by atoms with Crippen LogP contribution in [-0.2, 0) is 19.2 Å². The zero-order valence-corrected chi connectivity index (χ0v) is 6.25. The van der Waals surface area contributed by atoms with Gasteiger partial charge in [0.1, 0.15) is 0 Å². The SMILES string of the molecule is NC=O.NC=O.NC=O.NC=O. The monoisotopic (exact) mass is 180 g/mol. The quantitative estimate of drug-likeness (QED) is 0.282. The average molecular weight is 180 g/mol. The summed E-state index contributed by atoms with van der Waals surface area (Å²) in [5, 5.41) is 0. The minimum Gasteiger partial charge on any atom is -0.372 e. The number of nitrogens with two attached hydrogens (primary N) is 4. The molecule has 8 nitrogen and oxygen atoms in total. The molecular weight excluding hydrogens is 168 g/mol. The van der Waals surface area contributed by atoms with E-state index in [4.69, 9.17) is 19.2 Å². The molecule has 0 aromatic carbocycles. The second-order valence-electron chi connectivity index (χ2n) is 0.544. The van der Waals surface area contributed by atoms with E-state index in [9.17, 15) is 0 Å². The van der Waals surface area contributed by atoms with Gasteiger partial charge in [-0.3, -0.25) is 19.2 Å². The third-order valence-electron chi connectivity index (χ3n) is 0. The molecule has 0 aliphatic heterocycles. The highest BCUT2D eigenvalue weighted by Crippen LogP contribution is 0.807. The number of carbonyl (C=O) groups excluding carboxylic acids is 4. The molecule has 0 saturated heterocycles. The van der Waals surface area contributed by atoms with E-state index in [1.54, 1.807) is 0 Å². The summed E-state index contributed by atoms with van der Waals surface area (Å²) >= 11 is 0. The van der Waals surface area contributed by atoms with E-state index >= 15 is 0 Å². The van der Waals surface area contributed by atoms with E-state index < -0.39 is 0 Å². The van der Waals surface area contributed by atoms with Gasteiger partial charge < -0.3 is 22.9 Å². The molecule has 0 saturated carbocycles. The van der Waals surface area contributed by atoms with Gasteiger partial charge in [0.2, 0.25) is 25.6 Å². The Balaban J connectivity index is -0.0000000356. The molecule has 0 atom stereocenters. The number of rotatable bonds is 0. The Kier molecular flexibility index (Phi) is 293. The molecule has 0 heterocycles. The van der Waals surface area contributed by atoms with Gasteiger partial charge in [-0.2, -0.15) is 0 Å². The van der Waals surface area contributed by atoms with E-state index in [1.165, 1.54) is 0 Å². The van der Waals surface area contributed by atoms with Crippen molar-refractivity contribution in [2.24, 2.45) is 22.9 Å². The molecule has 0 unspecified atom stereocenters. The van der Waals surface area contributed by atoms with Crippen LogP contribution < -0.4 is 22.9 Å². The van der Waals surface area contributed by atoms with Crippen LogP contribution in [0.1, 0.15) is 0 Å². The molecule has 0 rings (SSSR count). The molecule has 0 fully saturated rings. The van der Waals surface area contributed by atoms with E-state index in [-0.39, 0.29) is 25.6 Å². The smallest absolute Gasteiger partial charge is 0.204 e. The van der Waals surface area contributed by atoms with Crippen LogP contribution in [0.25, 0.3) is 0 Å². The summed E-state index contributed by atoms with van der Waals surface area (Å²) in [5.74, 6) is 0. The van der Waals surface area contributed by atoms with E-state index in [0.29, 0.717) is 0 Å². The predicted molar refractivity (Wildman–Crippen MR) is 41.0 cm³/mol. The van der Waals surface area contributed by atoms with Gasteiger partial charge in [-0.05, 0) is 0 Å². The Morgan fingerprint density at radius 3 is 0.500 bits per heavy atom. The van der Waals surface area contributed by atoms with Gasteiger partial charge >= 0.3 is 0 Å². The van der Waals surface area contributed by atoms with Gasteiger partial charge in [0, 0.05) is 0 Å². The second kappa shape index (κ2) is 156. The number of hydrogen-bond acceptors (Lipinski definition) is 4. The number of primary amides is 4. The molecule has 0 radical (unpaired) electrons. The van der Waals surface area contributed by atoms with Crippen LogP contribution in [0.15, 0.2) is 0 Å². The molecule has 0 aromatic rings. The fraction of sp³-hybridized carbons (Fsp3) is 0. The summed E-state index contributed by atoms with van der Waals surface area (Å²) in [5.41, 5.74) is 16.7. The highest BCUT2D eigenvalue weighted by Gasteiger charge is 1.20. The lowest BCUT2D eigenvalue weighted by Gasteiger charge is -1.32. The minimum atomic E-state index is 0.250. The summed E-state index contributed by atoms with van der Waals surface area (Å²) in [4.78, 5) is 34.3. The van der Waals surface area contributed by atoms with Gasteiger partial charge in [0.05, 0.1) is 0 Å². The maximum atomic E-state index is 8.58. The van der Waals surface area contributed by atoms with Crippen LogP contribution in [0.5, 0.6) is 0 Å². The summed E-state index contributed by atoms with van der Waals surface area (Å²) in [7, 11) is 0. The number of amides is 4. The minimum absolute atomic E-state index is 0.250.